The molecule has 30 heavy (non-hydrogen) atoms. The Balaban J connectivity index is 1.69. The highest BCUT2D eigenvalue weighted by atomic mass is 15.2. The van der Waals surface area contributed by atoms with Gasteiger partial charge in [0.05, 0.1) is 11.2 Å². The van der Waals surface area contributed by atoms with Gasteiger partial charge in [0, 0.05) is 23.9 Å². The van der Waals surface area contributed by atoms with Crippen LogP contribution in [0.5, 0.6) is 0 Å². The number of allylic oxidation sites excluding steroid dienone is 2. The zero-order valence-electron chi connectivity index (χ0n) is 17.4. The van der Waals surface area contributed by atoms with Gasteiger partial charge in [0.15, 0.2) is 5.82 Å². The van der Waals surface area contributed by atoms with Crippen LogP contribution in [0.4, 0.5) is 5.82 Å². The van der Waals surface area contributed by atoms with Gasteiger partial charge < -0.3 is 4.90 Å². The topological polar surface area (TPSA) is 29.0 Å². The quantitative estimate of drug-likeness (QED) is 0.373. The smallest absolute Gasteiger partial charge is 0.162 e. The summed E-state index contributed by atoms with van der Waals surface area (Å²) in [6.07, 6.45) is 4.31. The van der Waals surface area contributed by atoms with E-state index in [1.165, 1.54) is 16.3 Å². The number of likely N-dealkylation sites (N-methyl/N-ethyl adjacent to an activating group) is 1. The summed E-state index contributed by atoms with van der Waals surface area (Å²) in [4.78, 5) is 12.0. The van der Waals surface area contributed by atoms with Gasteiger partial charge >= 0.3 is 0 Å². The number of rotatable bonds is 3. The Morgan fingerprint density at radius 3 is 2.50 bits per heavy atom. The van der Waals surface area contributed by atoms with Crippen LogP contribution in [0.25, 0.3) is 33.1 Å². The van der Waals surface area contributed by atoms with E-state index in [0.717, 1.165) is 33.8 Å². The lowest BCUT2D eigenvalue weighted by Crippen LogP contribution is -2.18. The van der Waals surface area contributed by atoms with E-state index in [1.54, 1.807) is 0 Å². The molecule has 5 rings (SSSR count). The molecule has 3 aromatic carbocycles. The number of hydrogen-bond donors (Lipinski definition) is 0. The Hall–Kier alpha value is -3.68. The molecule has 1 aliphatic carbocycles. The largest absolute Gasteiger partial charge is 0.322 e. The van der Waals surface area contributed by atoms with E-state index in [4.69, 9.17) is 9.97 Å². The van der Waals surface area contributed by atoms with E-state index >= 15 is 0 Å². The second-order valence-corrected chi connectivity index (χ2v) is 7.88. The normalized spacial score (nSPS) is 15.9. The fourth-order valence-corrected chi connectivity index (χ4v) is 3.81. The van der Waals surface area contributed by atoms with Crippen LogP contribution in [0.3, 0.4) is 0 Å². The Labute approximate surface area is 176 Å². The van der Waals surface area contributed by atoms with Crippen LogP contribution < -0.4 is 4.90 Å². The van der Waals surface area contributed by atoms with Crippen molar-refractivity contribution in [1.82, 2.24) is 9.97 Å². The summed E-state index contributed by atoms with van der Waals surface area (Å²) < 4.78 is 0. The molecular formula is C27H23N3. The third kappa shape index (κ3) is 3.20. The lowest BCUT2D eigenvalue weighted by atomic mass is 9.98. The number of hydrogen-bond acceptors (Lipinski definition) is 3. The van der Waals surface area contributed by atoms with Crippen molar-refractivity contribution in [2.45, 2.75) is 13.8 Å². The van der Waals surface area contributed by atoms with Crippen LogP contribution in [0.1, 0.15) is 13.8 Å². The maximum absolute atomic E-state index is 5.01. The van der Waals surface area contributed by atoms with Crippen molar-refractivity contribution in [1.29, 1.82) is 0 Å². The van der Waals surface area contributed by atoms with E-state index in [0.29, 0.717) is 5.92 Å². The standard InChI is InChI=1S/C27H23N3/c1-18-12-15-23(16-19(18)2)30(3)27-24-10-6-7-11-25(24)28-26(29-27)22-14-13-20-8-4-5-9-21(20)17-22/h4-14,16-18H,1-3H3. The maximum Gasteiger partial charge on any atom is 0.162 e. The van der Waals surface area contributed by atoms with Crippen molar-refractivity contribution < 1.29 is 0 Å². The molecule has 3 heteroatoms. The van der Waals surface area contributed by atoms with E-state index in [1.807, 2.05) is 18.2 Å². The molecule has 1 atom stereocenters. The molecule has 0 bridgehead atoms. The van der Waals surface area contributed by atoms with E-state index in [2.05, 4.69) is 92.2 Å². The molecule has 0 N–H and O–H groups in total. The summed E-state index contributed by atoms with van der Waals surface area (Å²) >= 11 is 0. The number of benzene rings is 3. The molecule has 0 radical (unpaired) electrons. The SMILES string of the molecule is CC1=CC(N(C)c2nc(-c3ccc4ccccc4c3)nc3ccccc23)=C=CC1C. The lowest BCUT2D eigenvalue weighted by Gasteiger charge is -2.23. The predicted molar refractivity (Wildman–Crippen MR) is 125 cm³/mol. The molecule has 0 aliphatic heterocycles. The highest BCUT2D eigenvalue weighted by Crippen LogP contribution is 2.31. The number of nitrogens with zero attached hydrogens (tertiary/aromatic N) is 3. The minimum absolute atomic E-state index is 0.414. The third-order valence-corrected chi connectivity index (χ3v) is 5.83. The third-order valence-electron chi connectivity index (χ3n) is 5.83. The van der Waals surface area contributed by atoms with E-state index in [-0.39, 0.29) is 0 Å². The van der Waals surface area contributed by atoms with Gasteiger partial charge in [0.25, 0.3) is 0 Å². The van der Waals surface area contributed by atoms with Crippen molar-refractivity contribution in [3.8, 4) is 11.4 Å². The Morgan fingerprint density at radius 1 is 0.900 bits per heavy atom. The first-order valence-electron chi connectivity index (χ1n) is 10.2. The second kappa shape index (κ2) is 7.29. The summed E-state index contributed by atoms with van der Waals surface area (Å²) in [5, 5.41) is 3.43. The van der Waals surface area contributed by atoms with Crippen LogP contribution in [0.2, 0.25) is 0 Å². The van der Waals surface area contributed by atoms with Crippen LogP contribution in [0, 0.1) is 5.92 Å². The Bertz CT molecular complexity index is 1370. The van der Waals surface area contributed by atoms with Crippen molar-refractivity contribution in [3.05, 3.63) is 95.9 Å². The minimum Gasteiger partial charge on any atom is -0.322 e. The van der Waals surface area contributed by atoms with Crippen LogP contribution in [-0.2, 0) is 0 Å². The number of anilines is 1. The molecule has 0 spiro atoms. The zero-order chi connectivity index (χ0) is 20.7. The molecule has 0 saturated carbocycles. The summed E-state index contributed by atoms with van der Waals surface area (Å²) in [6, 6.07) is 22.9. The van der Waals surface area contributed by atoms with Gasteiger partial charge in [0.2, 0.25) is 0 Å². The van der Waals surface area contributed by atoms with Gasteiger partial charge in [-0.3, -0.25) is 0 Å². The van der Waals surface area contributed by atoms with Crippen LogP contribution in [-0.4, -0.2) is 17.0 Å². The molecule has 1 aliphatic rings. The van der Waals surface area contributed by atoms with Gasteiger partial charge in [-0.25, -0.2) is 9.97 Å². The first kappa shape index (κ1) is 18.4. The Kier molecular flexibility index (Phi) is 4.46. The van der Waals surface area contributed by atoms with Crippen LogP contribution in [0.15, 0.2) is 95.9 Å². The van der Waals surface area contributed by atoms with E-state index in [9.17, 15) is 0 Å². The van der Waals surface area contributed by atoms with E-state index < -0.39 is 0 Å². The molecule has 3 nitrogen and oxygen atoms in total. The first-order chi connectivity index (χ1) is 14.6. The lowest BCUT2D eigenvalue weighted by molar-refractivity contribution is 0.848. The molecule has 1 heterocycles. The minimum atomic E-state index is 0.414. The molecular weight excluding hydrogens is 366 g/mol. The molecule has 1 unspecified atom stereocenters. The second-order valence-electron chi connectivity index (χ2n) is 7.88. The first-order valence-corrected chi connectivity index (χ1v) is 10.2. The van der Waals surface area contributed by atoms with Crippen molar-refractivity contribution >= 4 is 27.5 Å². The molecule has 0 amide bonds. The molecule has 146 valence electrons. The highest BCUT2D eigenvalue weighted by molar-refractivity contribution is 5.93. The summed E-state index contributed by atoms with van der Waals surface area (Å²) in [5.41, 5.74) is 7.72. The molecule has 1 aromatic heterocycles. The Morgan fingerprint density at radius 2 is 1.67 bits per heavy atom. The monoisotopic (exact) mass is 389 g/mol. The highest BCUT2D eigenvalue weighted by Gasteiger charge is 2.17. The maximum atomic E-state index is 5.01. The van der Waals surface area contributed by atoms with Gasteiger partial charge in [-0.15, -0.1) is 0 Å². The zero-order valence-corrected chi connectivity index (χ0v) is 17.4. The average molecular weight is 390 g/mol. The van der Waals surface area contributed by atoms with Gasteiger partial charge in [-0.1, -0.05) is 66.8 Å². The van der Waals surface area contributed by atoms with Gasteiger partial charge in [0.1, 0.15) is 5.82 Å². The molecule has 0 saturated heterocycles. The number of para-hydroxylation sites is 1. The summed E-state index contributed by atoms with van der Waals surface area (Å²) in [7, 11) is 2.05. The van der Waals surface area contributed by atoms with Gasteiger partial charge in [-0.2, -0.15) is 0 Å². The van der Waals surface area contributed by atoms with Crippen molar-refractivity contribution in [2.75, 3.05) is 11.9 Å². The predicted octanol–water partition coefficient (Wildman–Crippen LogP) is 6.52. The van der Waals surface area contributed by atoms with Crippen molar-refractivity contribution in [2.24, 2.45) is 5.92 Å². The molecule has 0 fully saturated rings. The van der Waals surface area contributed by atoms with Gasteiger partial charge in [-0.05, 0) is 48.0 Å². The number of fused-ring (bicyclic) bond motifs is 2. The summed E-state index contributed by atoms with van der Waals surface area (Å²) in [6.45, 7) is 4.35. The number of aromatic nitrogens is 2. The summed E-state index contributed by atoms with van der Waals surface area (Å²) in [5.74, 6) is 2.03. The van der Waals surface area contributed by atoms with Crippen LogP contribution >= 0.6 is 0 Å². The molecule has 4 aromatic rings. The fourth-order valence-electron chi connectivity index (χ4n) is 3.81. The average Bonchev–Trinajstić information content (AvgIpc) is 2.79. The van der Waals surface area contributed by atoms with Crippen molar-refractivity contribution in [3.63, 3.8) is 0 Å². The fraction of sp³-hybridized carbons (Fsp3) is 0.148.